The van der Waals surface area contributed by atoms with Gasteiger partial charge in [0.1, 0.15) is 17.2 Å². The number of carbonyl (C=O) groups is 2. The second-order valence-electron chi connectivity index (χ2n) is 6.48. The highest BCUT2D eigenvalue weighted by Crippen LogP contribution is 2.24. The highest BCUT2D eigenvalue weighted by Gasteiger charge is 2.12. The molecule has 0 atom stereocenters. The first-order valence-electron chi connectivity index (χ1n) is 9.11. The summed E-state index contributed by atoms with van der Waals surface area (Å²) in [4.78, 5) is 31.2. The molecule has 4 aromatic rings. The summed E-state index contributed by atoms with van der Waals surface area (Å²) in [5.41, 5.74) is 2.48. The number of fused-ring (bicyclic) bond motifs is 1. The van der Waals surface area contributed by atoms with Crippen LogP contribution >= 0.6 is 0 Å². The zero-order valence-electron chi connectivity index (χ0n) is 15.9. The van der Waals surface area contributed by atoms with Crippen molar-refractivity contribution in [3.8, 4) is 23.3 Å². The minimum Gasteiger partial charge on any atom is -0.478 e. The lowest BCUT2D eigenvalue weighted by atomic mass is 10.1. The van der Waals surface area contributed by atoms with Crippen LogP contribution in [0.4, 0.5) is 0 Å². The number of benzene rings is 3. The predicted molar refractivity (Wildman–Crippen MR) is 112 cm³/mol. The molecular weight excluding hydrogens is 396 g/mol. The van der Waals surface area contributed by atoms with Crippen LogP contribution in [-0.2, 0) is 0 Å². The molecule has 31 heavy (non-hydrogen) atoms. The van der Waals surface area contributed by atoms with Gasteiger partial charge in [0.2, 0.25) is 0 Å². The lowest BCUT2D eigenvalue weighted by Crippen LogP contribution is -2.03. The minimum absolute atomic E-state index is 0.113. The smallest absolute Gasteiger partial charge is 0.335 e. The van der Waals surface area contributed by atoms with Gasteiger partial charge in [0.15, 0.2) is 0 Å². The maximum Gasteiger partial charge on any atom is 0.335 e. The highest BCUT2D eigenvalue weighted by molar-refractivity contribution is 5.94. The minimum atomic E-state index is -1.24. The summed E-state index contributed by atoms with van der Waals surface area (Å²) >= 11 is 0. The molecule has 0 aliphatic carbocycles. The predicted octanol–water partition coefficient (Wildman–Crippen LogP) is 4.22. The van der Waals surface area contributed by atoms with Crippen molar-refractivity contribution in [2.24, 2.45) is 0 Å². The molecule has 0 fully saturated rings. The number of ether oxygens (including phenoxy) is 1. The summed E-state index contributed by atoms with van der Waals surface area (Å²) in [7, 11) is 0. The monoisotopic (exact) mass is 410 g/mol. The van der Waals surface area contributed by atoms with E-state index < -0.39 is 11.9 Å². The zero-order chi connectivity index (χ0) is 21.8. The van der Waals surface area contributed by atoms with Crippen LogP contribution in [0.15, 0.2) is 72.9 Å². The van der Waals surface area contributed by atoms with Gasteiger partial charge in [0.05, 0.1) is 28.4 Å². The Bertz CT molecular complexity index is 1340. The van der Waals surface area contributed by atoms with Gasteiger partial charge in [-0.1, -0.05) is 18.1 Å². The lowest BCUT2D eigenvalue weighted by molar-refractivity contribution is 0.0696. The van der Waals surface area contributed by atoms with Crippen molar-refractivity contribution in [1.82, 2.24) is 9.97 Å². The van der Waals surface area contributed by atoms with Gasteiger partial charge in [-0.2, -0.15) is 0 Å². The van der Waals surface area contributed by atoms with Crippen molar-refractivity contribution in [1.29, 1.82) is 0 Å². The largest absolute Gasteiger partial charge is 0.478 e. The van der Waals surface area contributed by atoms with Crippen LogP contribution in [0.5, 0.6) is 11.5 Å². The molecule has 7 heteroatoms. The molecule has 1 heterocycles. The fourth-order valence-electron chi connectivity index (χ4n) is 2.80. The second-order valence-corrected chi connectivity index (χ2v) is 6.48. The Morgan fingerprint density at radius 2 is 1.42 bits per heavy atom. The molecule has 0 saturated heterocycles. The van der Waals surface area contributed by atoms with E-state index in [1.165, 1.54) is 12.1 Å². The van der Waals surface area contributed by atoms with E-state index in [0.29, 0.717) is 17.0 Å². The average molecular weight is 410 g/mol. The number of rotatable bonds is 4. The Labute approximate surface area is 176 Å². The first kappa shape index (κ1) is 19.6. The number of para-hydroxylation sites is 2. The van der Waals surface area contributed by atoms with Crippen LogP contribution in [0.1, 0.15) is 32.0 Å². The molecule has 0 bridgehead atoms. The first-order chi connectivity index (χ1) is 15.0. The Morgan fingerprint density at radius 1 is 0.774 bits per heavy atom. The maximum atomic E-state index is 11.2. The van der Waals surface area contributed by atoms with Crippen molar-refractivity contribution in [2.45, 2.75) is 0 Å². The molecule has 0 aliphatic heterocycles. The number of carboxylic acids is 2. The normalized spacial score (nSPS) is 10.2. The summed E-state index contributed by atoms with van der Waals surface area (Å²) in [5.74, 6) is 4.01. The molecule has 4 rings (SSSR count). The Hall–Kier alpha value is -4.70. The maximum absolute atomic E-state index is 11.2. The first-order valence-corrected chi connectivity index (χ1v) is 9.11. The molecular formula is C24H14N2O5. The van der Waals surface area contributed by atoms with Crippen molar-refractivity contribution in [3.63, 3.8) is 0 Å². The second kappa shape index (κ2) is 8.35. The topological polar surface area (TPSA) is 110 Å². The quantitative estimate of drug-likeness (QED) is 0.485. The Kier molecular flexibility index (Phi) is 5.28. The van der Waals surface area contributed by atoms with Gasteiger partial charge in [-0.25, -0.2) is 14.6 Å². The molecule has 0 saturated carbocycles. The van der Waals surface area contributed by atoms with E-state index in [0.717, 1.165) is 17.1 Å². The van der Waals surface area contributed by atoms with Crippen molar-refractivity contribution in [3.05, 3.63) is 95.3 Å². The molecule has 150 valence electrons. The van der Waals surface area contributed by atoms with E-state index in [9.17, 15) is 9.59 Å². The zero-order valence-corrected chi connectivity index (χ0v) is 15.9. The van der Waals surface area contributed by atoms with E-state index >= 15 is 0 Å². The number of carboxylic acid groups (broad SMARTS) is 2. The van der Waals surface area contributed by atoms with Gasteiger partial charge in [0.25, 0.3) is 0 Å². The SMILES string of the molecule is O=C(O)c1cc(Oc2ccc(C#Cc3cnc4ccccc4n3)cc2)cc(C(=O)O)c1. The summed E-state index contributed by atoms with van der Waals surface area (Å²) < 4.78 is 5.63. The molecule has 2 N–H and O–H groups in total. The van der Waals surface area contributed by atoms with Crippen molar-refractivity contribution < 1.29 is 24.5 Å². The standard InChI is InChI=1S/C24H14N2O5/c27-23(28)16-11-17(24(29)30)13-20(12-16)31-19-9-6-15(7-10-19)5-8-18-14-25-21-3-1-2-4-22(21)26-18/h1-4,6-7,9-14H,(H,27,28)(H,29,30). The van der Waals surface area contributed by atoms with Gasteiger partial charge in [0, 0.05) is 5.56 Å². The van der Waals surface area contributed by atoms with Crippen molar-refractivity contribution in [2.75, 3.05) is 0 Å². The summed E-state index contributed by atoms with van der Waals surface area (Å²) in [5, 5.41) is 18.3. The van der Waals surface area contributed by atoms with Crippen molar-refractivity contribution >= 4 is 23.0 Å². The lowest BCUT2D eigenvalue weighted by Gasteiger charge is -2.08. The van der Waals surface area contributed by atoms with Crippen LogP contribution in [0.25, 0.3) is 11.0 Å². The highest BCUT2D eigenvalue weighted by atomic mass is 16.5. The fourth-order valence-corrected chi connectivity index (χ4v) is 2.80. The van der Waals surface area contributed by atoms with Gasteiger partial charge in [-0.3, -0.25) is 4.98 Å². The van der Waals surface area contributed by atoms with Crippen LogP contribution in [0.2, 0.25) is 0 Å². The summed E-state index contributed by atoms with van der Waals surface area (Å²) in [6.45, 7) is 0. The number of hydrogen-bond donors (Lipinski definition) is 2. The molecule has 1 aromatic heterocycles. The molecule has 3 aromatic carbocycles. The average Bonchev–Trinajstić information content (AvgIpc) is 2.78. The number of hydrogen-bond acceptors (Lipinski definition) is 5. The van der Waals surface area contributed by atoms with E-state index in [2.05, 4.69) is 21.8 Å². The summed E-state index contributed by atoms with van der Waals surface area (Å²) in [6, 6.07) is 17.9. The number of aromatic nitrogens is 2. The number of aromatic carboxylic acids is 2. The van der Waals surface area contributed by atoms with Crippen LogP contribution in [0.3, 0.4) is 0 Å². The van der Waals surface area contributed by atoms with E-state index in [1.54, 1.807) is 30.5 Å². The Morgan fingerprint density at radius 3 is 2.06 bits per heavy atom. The van der Waals surface area contributed by atoms with Gasteiger partial charge >= 0.3 is 11.9 Å². The molecule has 0 aliphatic rings. The van der Waals surface area contributed by atoms with E-state index in [-0.39, 0.29) is 16.9 Å². The third-order valence-electron chi connectivity index (χ3n) is 4.27. The van der Waals surface area contributed by atoms with Crippen LogP contribution in [0, 0.1) is 11.8 Å². The molecule has 0 radical (unpaired) electrons. The van der Waals surface area contributed by atoms with Gasteiger partial charge in [-0.05, 0) is 60.5 Å². The number of nitrogens with zero attached hydrogens (tertiary/aromatic N) is 2. The third-order valence-corrected chi connectivity index (χ3v) is 4.27. The third kappa shape index (κ3) is 4.66. The van der Waals surface area contributed by atoms with Gasteiger partial charge in [-0.15, -0.1) is 0 Å². The molecule has 0 unspecified atom stereocenters. The van der Waals surface area contributed by atoms with Gasteiger partial charge < -0.3 is 14.9 Å². The van der Waals surface area contributed by atoms with Crippen LogP contribution < -0.4 is 4.74 Å². The van der Waals surface area contributed by atoms with E-state index in [4.69, 9.17) is 14.9 Å². The van der Waals surface area contributed by atoms with Crippen LogP contribution in [-0.4, -0.2) is 32.1 Å². The molecule has 7 nitrogen and oxygen atoms in total. The molecule has 0 amide bonds. The fraction of sp³-hybridized carbons (Fsp3) is 0. The summed E-state index contributed by atoms with van der Waals surface area (Å²) in [6.07, 6.45) is 1.61. The molecule has 0 spiro atoms. The Balaban J connectivity index is 1.53. The van der Waals surface area contributed by atoms with E-state index in [1.807, 2.05) is 24.3 Å².